The summed E-state index contributed by atoms with van der Waals surface area (Å²) in [5.41, 5.74) is 0.574. The van der Waals surface area contributed by atoms with E-state index in [2.05, 4.69) is 5.32 Å². The molecule has 0 aromatic heterocycles. The summed E-state index contributed by atoms with van der Waals surface area (Å²) >= 11 is 0. The summed E-state index contributed by atoms with van der Waals surface area (Å²) in [4.78, 5) is 10.4. The second kappa shape index (κ2) is 8.15. The van der Waals surface area contributed by atoms with E-state index in [0.29, 0.717) is 5.56 Å². The molecule has 0 aliphatic heterocycles. The lowest BCUT2D eigenvalue weighted by Gasteiger charge is -2.31. The first kappa shape index (κ1) is 18.3. The summed E-state index contributed by atoms with van der Waals surface area (Å²) in [5, 5.41) is 13.0. The third kappa shape index (κ3) is 4.70. The Morgan fingerprint density at radius 2 is 2.04 bits per heavy atom. The summed E-state index contributed by atoms with van der Waals surface area (Å²) in [5.74, 6) is -0.564. The van der Waals surface area contributed by atoms with Crippen molar-refractivity contribution in [3.8, 4) is 11.5 Å². The summed E-state index contributed by atoms with van der Waals surface area (Å²) in [6, 6.07) is 4.86. The number of hydrogen-bond donors (Lipinski definition) is 3. The molecule has 1 aromatic carbocycles. The maximum absolute atomic E-state index is 12.6. The van der Waals surface area contributed by atoms with Crippen LogP contribution in [0, 0.1) is 0 Å². The Hall–Kier alpha value is -1.07. The molecule has 1 saturated carbocycles. The number of rotatable bonds is 7. The number of nitrogens with one attached hydrogen (secondary N) is 1. The molecular formula is C16H26NO5P. The minimum atomic E-state index is -3.88. The summed E-state index contributed by atoms with van der Waals surface area (Å²) in [6.45, 7) is 1.85. The van der Waals surface area contributed by atoms with E-state index < -0.39 is 13.4 Å². The normalized spacial score (nSPS) is 20.0. The van der Waals surface area contributed by atoms with Gasteiger partial charge in [0.2, 0.25) is 0 Å². The van der Waals surface area contributed by atoms with E-state index in [1.807, 2.05) is 0 Å². The molecule has 2 rings (SSSR count). The van der Waals surface area contributed by atoms with Gasteiger partial charge in [-0.1, -0.05) is 25.3 Å². The molecule has 0 radical (unpaired) electrons. The number of aromatic hydroxyl groups is 1. The minimum absolute atomic E-state index is 0.00292. The van der Waals surface area contributed by atoms with Crippen LogP contribution in [0.3, 0.4) is 0 Å². The number of hydrogen-bond acceptors (Lipinski definition) is 5. The molecule has 23 heavy (non-hydrogen) atoms. The maximum atomic E-state index is 12.6. The molecular weight excluding hydrogens is 317 g/mol. The van der Waals surface area contributed by atoms with Crippen molar-refractivity contribution in [2.24, 2.45) is 0 Å². The van der Waals surface area contributed by atoms with Gasteiger partial charge in [0, 0.05) is 6.04 Å². The molecule has 1 aliphatic carbocycles. The fourth-order valence-corrected chi connectivity index (χ4v) is 4.45. The second-order valence-electron chi connectivity index (χ2n) is 5.82. The van der Waals surface area contributed by atoms with Gasteiger partial charge in [-0.3, -0.25) is 9.88 Å². The van der Waals surface area contributed by atoms with Crippen molar-refractivity contribution < 1.29 is 23.8 Å². The number of phenols is 1. The Morgan fingerprint density at radius 3 is 2.65 bits per heavy atom. The first-order chi connectivity index (χ1) is 11.0. The van der Waals surface area contributed by atoms with Gasteiger partial charge in [0.1, 0.15) is 5.78 Å². The fourth-order valence-electron chi connectivity index (χ4n) is 3.00. The van der Waals surface area contributed by atoms with Gasteiger partial charge in [-0.25, -0.2) is 0 Å². The smallest absolute Gasteiger partial charge is 0.349 e. The van der Waals surface area contributed by atoms with E-state index in [4.69, 9.17) is 9.26 Å². The molecule has 2 unspecified atom stereocenters. The van der Waals surface area contributed by atoms with Gasteiger partial charge in [0.05, 0.1) is 13.7 Å². The van der Waals surface area contributed by atoms with Crippen molar-refractivity contribution in [3.05, 3.63) is 23.8 Å². The molecule has 0 saturated heterocycles. The molecule has 6 nitrogen and oxygen atoms in total. The molecule has 0 heterocycles. The molecule has 7 heteroatoms. The lowest BCUT2D eigenvalue weighted by molar-refractivity contribution is 0.249. The SMILES string of the molecule is CCOP(=O)(O)C(NC1CCCCC1)c1ccc(O)c(OC)c1. The van der Waals surface area contributed by atoms with Crippen LogP contribution >= 0.6 is 7.60 Å². The van der Waals surface area contributed by atoms with Gasteiger partial charge in [-0.05, 0) is 37.5 Å². The lowest BCUT2D eigenvalue weighted by atomic mass is 9.95. The minimum Gasteiger partial charge on any atom is -0.504 e. The number of ether oxygens (including phenoxy) is 1. The third-order valence-electron chi connectivity index (χ3n) is 4.16. The summed E-state index contributed by atoms with van der Waals surface area (Å²) in [7, 11) is -2.44. The van der Waals surface area contributed by atoms with Crippen molar-refractivity contribution in [3.63, 3.8) is 0 Å². The molecule has 2 atom stereocenters. The van der Waals surface area contributed by atoms with Crippen LogP contribution in [0.4, 0.5) is 0 Å². The lowest BCUT2D eigenvalue weighted by Crippen LogP contribution is -2.34. The number of methoxy groups -OCH3 is 1. The number of phenolic OH excluding ortho intramolecular Hbond substituents is 1. The second-order valence-corrected chi connectivity index (χ2v) is 7.72. The number of benzene rings is 1. The van der Waals surface area contributed by atoms with E-state index in [1.54, 1.807) is 19.1 Å². The van der Waals surface area contributed by atoms with Gasteiger partial charge in [-0.2, -0.15) is 0 Å². The Bertz CT molecular complexity index is 559. The highest BCUT2D eigenvalue weighted by Gasteiger charge is 2.36. The fraction of sp³-hybridized carbons (Fsp3) is 0.625. The van der Waals surface area contributed by atoms with Crippen molar-refractivity contribution in [2.45, 2.75) is 50.9 Å². The molecule has 130 valence electrons. The topological polar surface area (TPSA) is 88.0 Å². The average Bonchev–Trinajstić information content (AvgIpc) is 2.54. The molecule has 0 amide bonds. The van der Waals surface area contributed by atoms with Gasteiger partial charge in [0.25, 0.3) is 0 Å². The zero-order chi connectivity index (χ0) is 16.9. The summed E-state index contributed by atoms with van der Waals surface area (Å²) < 4.78 is 22.9. The zero-order valence-corrected chi connectivity index (χ0v) is 14.6. The van der Waals surface area contributed by atoms with E-state index >= 15 is 0 Å². The van der Waals surface area contributed by atoms with Crippen molar-refractivity contribution in [2.75, 3.05) is 13.7 Å². The van der Waals surface area contributed by atoms with Gasteiger partial charge < -0.3 is 19.3 Å². The largest absolute Gasteiger partial charge is 0.504 e. The monoisotopic (exact) mass is 343 g/mol. The van der Waals surface area contributed by atoms with E-state index in [1.165, 1.54) is 19.6 Å². The predicted octanol–water partition coefficient (Wildman–Crippen LogP) is 3.54. The standard InChI is InChI=1S/C16H26NO5P/c1-3-22-23(19,20)16(17-13-7-5-4-6-8-13)12-9-10-14(18)15(11-12)21-2/h9-11,13,16-18H,3-8H2,1-2H3,(H,19,20). The van der Waals surface area contributed by atoms with Crippen molar-refractivity contribution in [1.29, 1.82) is 0 Å². The third-order valence-corrected chi connectivity index (χ3v) is 5.89. The maximum Gasteiger partial charge on any atom is 0.349 e. The first-order valence-electron chi connectivity index (χ1n) is 8.08. The van der Waals surface area contributed by atoms with Crippen LogP contribution in [0.1, 0.15) is 50.4 Å². The van der Waals surface area contributed by atoms with Crippen LogP contribution in [0.25, 0.3) is 0 Å². The van der Waals surface area contributed by atoms with Crippen LogP contribution in [0.15, 0.2) is 18.2 Å². The Kier molecular flexibility index (Phi) is 6.48. The van der Waals surface area contributed by atoms with Gasteiger partial charge in [-0.15, -0.1) is 0 Å². The molecule has 3 N–H and O–H groups in total. The summed E-state index contributed by atoms with van der Waals surface area (Å²) in [6.07, 6.45) is 5.41. The average molecular weight is 343 g/mol. The Morgan fingerprint density at radius 1 is 1.35 bits per heavy atom. The van der Waals surface area contributed by atoms with E-state index in [-0.39, 0.29) is 24.1 Å². The molecule has 1 fully saturated rings. The quantitative estimate of drug-likeness (QED) is 0.656. The molecule has 0 bridgehead atoms. The van der Waals surface area contributed by atoms with Gasteiger partial charge >= 0.3 is 7.60 Å². The van der Waals surface area contributed by atoms with Crippen molar-refractivity contribution in [1.82, 2.24) is 5.32 Å². The molecule has 1 aromatic rings. The highest BCUT2D eigenvalue weighted by atomic mass is 31.2. The van der Waals surface area contributed by atoms with Gasteiger partial charge in [0.15, 0.2) is 11.5 Å². The van der Waals surface area contributed by atoms with Crippen LogP contribution in [-0.4, -0.2) is 29.8 Å². The molecule has 0 spiro atoms. The Labute approximate surface area is 137 Å². The highest BCUT2D eigenvalue weighted by molar-refractivity contribution is 7.53. The zero-order valence-electron chi connectivity index (χ0n) is 13.7. The van der Waals surface area contributed by atoms with Crippen LogP contribution in [-0.2, 0) is 9.09 Å². The van der Waals surface area contributed by atoms with Crippen molar-refractivity contribution >= 4 is 7.60 Å². The first-order valence-corrected chi connectivity index (χ1v) is 9.72. The van der Waals surface area contributed by atoms with Crippen LogP contribution < -0.4 is 10.1 Å². The molecule has 1 aliphatic rings. The van der Waals surface area contributed by atoms with E-state index in [0.717, 1.165) is 25.7 Å². The predicted molar refractivity (Wildman–Crippen MR) is 88.9 cm³/mol. The Balaban J connectivity index is 2.30. The van der Waals surface area contributed by atoms with Crippen LogP contribution in [0.2, 0.25) is 0 Å². The highest BCUT2D eigenvalue weighted by Crippen LogP contribution is 2.56. The van der Waals surface area contributed by atoms with Crippen LogP contribution in [0.5, 0.6) is 11.5 Å². The van der Waals surface area contributed by atoms with E-state index in [9.17, 15) is 14.6 Å².